The predicted octanol–water partition coefficient (Wildman–Crippen LogP) is -1.07. The lowest BCUT2D eigenvalue weighted by molar-refractivity contribution is -0.147. The standard InChI is InChI=1S/C10H12N2O6/c1-3-18-7(14)4-6(13)5-12-9(16)8(15)11(2)10(12)17/h3-5H2,1-2H3. The van der Waals surface area contributed by atoms with Gasteiger partial charge in [-0.25, -0.2) is 9.69 Å². The van der Waals surface area contributed by atoms with E-state index < -0.39 is 42.6 Å². The number of likely N-dealkylation sites (N-methyl/N-ethyl adjacent to an activating group) is 1. The number of nitrogens with zero attached hydrogens (tertiary/aromatic N) is 2. The number of imide groups is 2. The molecule has 98 valence electrons. The lowest BCUT2D eigenvalue weighted by atomic mass is 10.2. The molecule has 1 saturated heterocycles. The second kappa shape index (κ2) is 5.39. The minimum Gasteiger partial charge on any atom is -0.466 e. The Bertz CT molecular complexity index is 430. The maximum absolute atomic E-state index is 11.4. The molecule has 0 radical (unpaired) electrons. The van der Waals surface area contributed by atoms with Gasteiger partial charge in [0.2, 0.25) is 0 Å². The summed E-state index contributed by atoms with van der Waals surface area (Å²) in [4.78, 5) is 57.4. The third-order valence-electron chi connectivity index (χ3n) is 2.23. The number of rotatable bonds is 5. The number of ketones is 1. The first kappa shape index (κ1) is 13.8. The Morgan fingerprint density at radius 1 is 1.17 bits per heavy atom. The summed E-state index contributed by atoms with van der Waals surface area (Å²) in [6.07, 6.45) is -0.539. The van der Waals surface area contributed by atoms with Gasteiger partial charge >= 0.3 is 23.8 Å². The number of esters is 1. The van der Waals surface area contributed by atoms with Crippen molar-refractivity contribution in [2.45, 2.75) is 13.3 Å². The highest BCUT2D eigenvalue weighted by atomic mass is 16.5. The zero-order chi connectivity index (χ0) is 13.9. The number of Topliss-reactive ketones (excluding diaryl/α,β-unsaturated/α-hetero) is 1. The van der Waals surface area contributed by atoms with E-state index in [4.69, 9.17) is 0 Å². The summed E-state index contributed by atoms with van der Waals surface area (Å²) < 4.78 is 4.55. The summed E-state index contributed by atoms with van der Waals surface area (Å²) in [6, 6.07) is -0.873. The van der Waals surface area contributed by atoms with Crippen LogP contribution in [0.15, 0.2) is 0 Å². The maximum Gasteiger partial charge on any atom is 0.334 e. The Morgan fingerprint density at radius 2 is 1.78 bits per heavy atom. The second-order valence-corrected chi connectivity index (χ2v) is 3.56. The van der Waals surface area contributed by atoms with Crippen molar-refractivity contribution in [3.8, 4) is 0 Å². The monoisotopic (exact) mass is 256 g/mol. The van der Waals surface area contributed by atoms with Crippen molar-refractivity contribution in [3.63, 3.8) is 0 Å². The second-order valence-electron chi connectivity index (χ2n) is 3.56. The van der Waals surface area contributed by atoms with Gasteiger partial charge in [-0.15, -0.1) is 0 Å². The van der Waals surface area contributed by atoms with E-state index in [9.17, 15) is 24.0 Å². The van der Waals surface area contributed by atoms with Crippen molar-refractivity contribution in [1.29, 1.82) is 0 Å². The molecule has 0 unspecified atom stereocenters. The van der Waals surface area contributed by atoms with Gasteiger partial charge in [0.25, 0.3) is 0 Å². The van der Waals surface area contributed by atoms with Crippen LogP contribution in [0.3, 0.4) is 0 Å². The average molecular weight is 256 g/mol. The van der Waals surface area contributed by atoms with Crippen LogP contribution >= 0.6 is 0 Å². The normalized spacial score (nSPS) is 15.3. The van der Waals surface area contributed by atoms with Gasteiger partial charge < -0.3 is 4.74 Å². The fourth-order valence-corrected chi connectivity index (χ4v) is 1.36. The first-order valence-electron chi connectivity index (χ1n) is 5.19. The summed E-state index contributed by atoms with van der Waals surface area (Å²) in [7, 11) is 1.14. The molecule has 0 N–H and O–H groups in total. The quantitative estimate of drug-likeness (QED) is 0.268. The lowest BCUT2D eigenvalue weighted by Gasteiger charge is -2.11. The van der Waals surface area contributed by atoms with E-state index in [1.807, 2.05) is 0 Å². The largest absolute Gasteiger partial charge is 0.466 e. The molecule has 1 heterocycles. The molecule has 0 aromatic carbocycles. The minimum absolute atomic E-state index is 0.134. The van der Waals surface area contributed by atoms with Crippen molar-refractivity contribution >= 4 is 29.6 Å². The van der Waals surface area contributed by atoms with Crippen LogP contribution < -0.4 is 0 Å². The first-order valence-corrected chi connectivity index (χ1v) is 5.19. The molecule has 1 rings (SSSR count). The van der Waals surface area contributed by atoms with E-state index in [1.165, 1.54) is 0 Å². The summed E-state index contributed by atoms with van der Waals surface area (Å²) >= 11 is 0. The molecule has 0 aromatic rings. The number of carbonyl (C=O) groups excluding carboxylic acids is 5. The molecule has 0 aromatic heterocycles. The lowest BCUT2D eigenvalue weighted by Crippen LogP contribution is -2.36. The van der Waals surface area contributed by atoms with Crippen LogP contribution in [0.25, 0.3) is 0 Å². The topological polar surface area (TPSA) is 101 Å². The first-order chi connectivity index (χ1) is 8.38. The third-order valence-corrected chi connectivity index (χ3v) is 2.23. The molecule has 0 atom stereocenters. The number of carbonyl (C=O) groups is 5. The number of hydrogen-bond donors (Lipinski definition) is 0. The molecule has 1 fully saturated rings. The Morgan fingerprint density at radius 3 is 2.22 bits per heavy atom. The summed E-state index contributed by atoms with van der Waals surface area (Å²) in [5, 5.41) is 0. The van der Waals surface area contributed by atoms with Crippen molar-refractivity contribution in [2.24, 2.45) is 0 Å². The van der Waals surface area contributed by atoms with Gasteiger partial charge in [0, 0.05) is 7.05 Å². The smallest absolute Gasteiger partial charge is 0.334 e. The van der Waals surface area contributed by atoms with Crippen LogP contribution in [-0.2, 0) is 23.9 Å². The van der Waals surface area contributed by atoms with E-state index in [-0.39, 0.29) is 6.61 Å². The van der Waals surface area contributed by atoms with Crippen molar-refractivity contribution in [2.75, 3.05) is 20.2 Å². The van der Waals surface area contributed by atoms with E-state index >= 15 is 0 Å². The molecule has 0 spiro atoms. The Hall–Kier alpha value is -2.25. The molecule has 18 heavy (non-hydrogen) atoms. The van der Waals surface area contributed by atoms with Crippen molar-refractivity contribution in [1.82, 2.24) is 9.80 Å². The van der Waals surface area contributed by atoms with Gasteiger partial charge in [-0.05, 0) is 6.92 Å². The van der Waals surface area contributed by atoms with Gasteiger partial charge in [0.1, 0.15) is 6.42 Å². The van der Waals surface area contributed by atoms with Crippen LogP contribution in [-0.4, -0.2) is 59.6 Å². The Balaban J connectivity index is 2.60. The summed E-state index contributed by atoms with van der Waals surface area (Å²) in [6.45, 7) is 1.12. The van der Waals surface area contributed by atoms with E-state index in [2.05, 4.69) is 4.74 Å². The van der Waals surface area contributed by atoms with Crippen LogP contribution in [0, 0.1) is 0 Å². The zero-order valence-corrected chi connectivity index (χ0v) is 9.97. The summed E-state index contributed by atoms with van der Waals surface area (Å²) in [5.41, 5.74) is 0. The van der Waals surface area contributed by atoms with Gasteiger partial charge in [0.05, 0.1) is 13.2 Å². The molecule has 0 aliphatic carbocycles. The van der Waals surface area contributed by atoms with Crippen LogP contribution in [0.2, 0.25) is 0 Å². The van der Waals surface area contributed by atoms with Gasteiger partial charge in [0.15, 0.2) is 5.78 Å². The highest BCUT2D eigenvalue weighted by Gasteiger charge is 2.42. The van der Waals surface area contributed by atoms with E-state index in [0.717, 1.165) is 7.05 Å². The van der Waals surface area contributed by atoms with Crippen LogP contribution in [0.5, 0.6) is 0 Å². The average Bonchev–Trinajstić information content (AvgIpc) is 2.47. The highest BCUT2D eigenvalue weighted by molar-refractivity contribution is 6.44. The predicted molar refractivity (Wildman–Crippen MR) is 56.1 cm³/mol. The fraction of sp³-hybridized carbons (Fsp3) is 0.500. The minimum atomic E-state index is -1.07. The SMILES string of the molecule is CCOC(=O)CC(=O)CN1C(=O)C(=O)N(C)C1=O. The van der Waals surface area contributed by atoms with E-state index in [1.54, 1.807) is 6.92 Å². The molecule has 1 aliphatic heterocycles. The van der Waals surface area contributed by atoms with Gasteiger partial charge in [-0.3, -0.25) is 24.1 Å². The third kappa shape index (κ3) is 2.70. The Kier molecular flexibility index (Phi) is 4.13. The van der Waals surface area contributed by atoms with Crippen LogP contribution in [0.4, 0.5) is 4.79 Å². The number of urea groups is 1. The zero-order valence-electron chi connectivity index (χ0n) is 9.97. The molecule has 8 heteroatoms. The summed E-state index contributed by atoms with van der Waals surface area (Å²) in [5.74, 6) is -3.47. The molecule has 0 saturated carbocycles. The number of hydrogen-bond acceptors (Lipinski definition) is 6. The molecular weight excluding hydrogens is 244 g/mol. The van der Waals surface area contributed by atoms with Crippen molar-refractivity contribution < 1.29 is 28.7 Å². The van der Waals surface area contributed by atoms with Crippen LogP contribution in [0.1, 0.15) is 13.3 Å². The number of amides is 4. The highest BCUT2D eigenvalue weighted by Crippen LogP contribution is 2.09. The maximum atomic E-state index is 11.4. The van der Waals surface area contributed by atoms with Crippen molar-refractivity contribution in [3.05, 3.63) is 0 Å². The van der Waals surface area contributed by atoms with Gasteiger partial charge in [-0.2, -0.15) is 0 Å². The molecular formula is C10H12N2O6. The van der Waals surface area contributed by atoms with E-state index in [0.29, 0.717) is 9.80 Å². The number of ether oxygens (including phenoxy) is 1. The Labute approximate surface area is 102 Å². The molecule has 0 bridgehead atoms. The molecule has 1 aliphatic rings. The van der Waals surface area contributed by atoms with Gasteiger partial charge in [-0.1, -0.05) is 0 Å². The molecule has 8 nitrogen and oxygen atoms in total. The fourth-order valence-electron chi connectivity index (χ4n) is 1.36. The molecule has 4 amide bonds.